The molecular formula is C14H20N2O2S. The SMILES string of the molecule is Oc1nc(N[C@H]2C[C@@H]3CC[C@H]2C3)sc1C1CCOC1. The number of aromatic nitrogens is 1. The Morgan fingerprint density at radius 2 is 2.21 bits per heavy atom. The highest BCUT2D eigenvalue weighted by Crippen LogP contribution is 2.46. The van der Waals surface area contributed by atoms with E-state index >= 15 is 0 Å². The molecule has 0 radical (unpaired) electrons. The molecule has 3 aliphatic rings. The van der Waals surface area contributed by atoms with E-state index in [4.69, 9.17) is 4.74 Å². The Hall–Kier alpha value is -0.810. The summed E-state index contributed by atoms with van der Waals surface area (Å²) in [6, 6.07) is 0.581. The van der Waals surface area contributed by atoms with E-state index in [-0.39, 0.29) is 5.88 Å². The Bertz CT molecular complexity index is 470. The van der Waals surface area contributed by atoms with E-state index in [0.717, 1.165) is 41.5 Å². The number of hydrogen-bond acceptors (Lipinski definition) is 5. The van der Waals surface area contributed by atoms with Gasteiger partial charge in [-0.25, -0.2) is 0 Å². The van der Waals surface area contributed by atoms with Gasteiger partial charge in [0.05, 0.1) is 11.5 Å². The summed E-state index contributed by atoms with van der Waals surface area (Å²) < 4.78 is 5.40. The van der Waals surface area contributed by atoms with Gasteiger partial charge < -0.3 is 15.2 Å². The molecule has 19 heavy (non-hydrogen) atoms. The van der Waals surface area contributed by atoms with Crippen molar-refractivity contribution in [1.29, 1.82) is 0 Å². The molecule has 0 spiro atoms. The minimum absolute atomic E-state index is 0.214. The van der Waals surface area contributed by atoms with Gasteiger partial charge in [-0.1, -0.05) is 17.8 Å². The first kappa shape index (κ1) is 12.0. The van der Waals surface area contributed by atoms with E-state index < -0.39 is 0 Å². The zero-order chi connectivity index (χ0) is 12.8. The lowest BCUT2D eigenvalue weighted by atomic mass is 9.96. The fraction of sp³-hybridized carbons (Fsp3) is 0.786. The monoisotopic (exact) mass is 280 g/mol. The third kappa shape index (κ3) is 2.13. The second kappa shape index (κ2) is 4.63. The van der Waals surface area contributed by atoms with Gasteiger partial charge in [0.2, 0.25) is 5.88 Å². The summed E-state index contributed by atoms with van der Waals surface area (Å²) in [6.07, 6.45) is 6.45. The van der Waals surface area contributed by atoms with Crippen molar-refractivity contribution < 1.29 is 9.84 Å². The zero-order valence-electron chi connectivity index (χ0n) is 11.0. The summed E-state index contributed by atoms with van der Waals surface area (Å²) in [5.74, 6) is 2.31. The lowest BCUT2D eigenvalue weighted by Crippen LogP contribution is -2.25. The molecule has 5 heteroatoms. The molecule has 104 valence electrons. The maximum absolute atomic E-state index is 10.0. The average Bonchev–Trinajstić information content (AvgIpc) is 3.12. The molecule has 1 aromatic rings. The number of hydrogen-bond donors (Lipinski definition) is 2. The van der Waals surface area contributed by atoms with Gasteiger partial charge in [-0.3, -0.25) is 0 Å². The van der Waals surface area contributed by atoms with Crippen molar-refractivity contribution in [3.8, 4) is 5.88 Å². The summed E-state index contributed by atoms with van der Waals surface area (Å²) in [5, 5.41) is 14.5. The lowest BCUT2D eigenvalue weighted by Gasteiger charge is -2.22. The number of fused-ring (bicyclic) bond motifs is 2. The van der Waals surface area contributed by atoms with E-state index in [9.17, 15) is 5.11 Å². The molecule has 4 atom stereocenters. The van der Waals surface area contributed by atoms with Crippen molar-refractivity contribution in [3.05, 3.63) is 4.88 Å². The second-order valence-corrected chi connectivity index (χ2v) is 7.22. The summed E-state index contributed by atoms with van der Waals surface area (Å²) in [4.78, 5) is 5.31. The highest BCUT2D eigenvalue weighted by molar-refractivity contribution is 7.16. The van der Waals surface area contributed by atoms with Crippen molar-refractivity contribution in [2.45, 2.75) is 44.1 Å². The Kier molecular flexibility index (Phi) is 2.92. The molecule has 1 unspecified atom stereocenters. The van der Waals surface area contributed by atoms with Gasteiger partial charge in [0, 0.05) is 18.6 Å². The summed E-state index contributed by atoms with van der Waals surface area (Å²) >= 11 is 1.62. The van der Waals surface area contributed by atoms with Gasteiger partial charge in [0.25, 0.3) is 0 Å². The highest BCUT2D eigenvalue weighted by Gasteiger charge is 2.40. The fourth-order valence-corrected chi connectivity index (χ4v) is 5.01. The van der Waals surface area contributed by atoms with Crippen LogP contribution in [0.25, 0.3) is 0 Å². The predicted molar refractivity (Wildman–Crippen MR) is 74.8 cm³/mol. The molecule has 2 heterocycles. The molecular weight excluding hydrogens is 260 g/mol. The molecule has 0 aromatic carbocycles. The molecule has 2 saturated carbocycles. The number of anilines is 1. The third-order valence-corrected chi connectivity index (χ3v) is 6.12. The van der Waals surface area contributed by atoms with Crippen LogP contribution in [0, 0.1) is 11.8 Å². The lowest BCUT2D eigenvalue weighted by molar-refractivity contribution is 0.194. The Morgan fingerprint density at radius 3 is 2.89 bits per heavy atom. The third-order valence-electron chi connectivity index (χ3n) is 4.98. The first-order valence-electron chi connectivity index (χ1n) is 7.33. The Balaban J connectivity index is 1.48. The number of nitrogens with one attached hydrogen (secondary N) is 1. The first-order chi connectivity index (χ1) is 9.29. The number of rotatable bonds is 3. The van der Waals surface area contributed by atoms with Crippen LogP contribution in [0.4, 0.5) is 5.13 Å². The van der Waals surface area contributed by atoms with E-state index in [1.54, 1.807) is 11.3 Å². The number of nitrogens with zero attached hydrogens (tertiary/aromatic N) is 1. The largest absolute Gasteiger partial charge is 0.492 e. The van der Waals surface area contributed by atoms with Crippen LogP contribution in [0.2, 0.25) is 0 Å². The van der Waals surface area contributed by atoms with Gasteiger partial charge in [0.15, 0.2) is 5.13 Å². The minimum Gasteiger partial charge on any atom is -0.492 e. The van der Waals surface area contributed by atoms with Crippen molar-refractivity contribution in [2.24, 2.45) is 11.8 Å². The van der Waals surface area contributed by atoms with Gasteiger partial charge in [-0.05, 0) is 37.5 Å². The van der Waals surface area contributed by atoms with Crippen molar-refractivity contribution in [2.75, 3.05) is 18.5 Å². The fourth-order valence-electron chi connectivity index (χ4n) is 3.97. The maximum atomic E-state index is 10.0. The van der Waals surface area contributed by atoms with Gasteiger partial charge in [-0.15, -0.1) is 0 Å². The number of ether oxygens (including phenoxy) is 1. The normalized spacial score (nSPS) is 37.1. The van der Waals surface area contributed by atoms with Crippen LogP contribution in [0.1, 0.15) is 42.9 Å². The smallest absolute Gasteiger partial charge is 0.227 e. The second-order valence-electron chi connectivity index (χ2n) is 6.19. The van der Waals surface area contributed by atoms with Crippen LogP contribution in [0.15, 0.2) is 0 Å². The molecule has 1 saturated heterocycles. The van der Waals surface area contributed by atoms with E-state index in [0.29, 0.717) is 12.0 Å². The van der Waals surface area contributed by atoms with Crippen molar-refractivity contribution in [3.63, 3.8) is 0 Å². The van der Waals surface area contributed by atoms with E-state index in [1.807, 2.05) is 0 Å². The van der Waals surface area contributed by atoms with Crippen LogP contribution in [0.5, 0.6) is 5.88 Å². The number of aromatic hydroxyl groups is 1. The molecule has 4 nitrogen and oxygen atoms in total. The predicted octanol–water partition coefficient (Wildman–Crippen LogP) is 2.95. The minimum atomic E-state index is 0.214. The maximum Gasteiger partial charge on any atom is 0.227 e. The zero-order valence-corrected chi connectivity index (χ0v) is 11.8. The molecule has 1 aliphatic heterocycles. The average molecular weight is 280 g/mol. The summed E-state index contributed by atoms with van der Waals surface area (Å²) in [7, 11) is 0. The van der Waals surface area contributed by atoms with E-state index in [2.05, 4.69) is 10.3 Å². The molecule has 3 fully saturated rings. The molecule has 4 rings (SSSR count). The summed E-state index contributed by atoms with van der Waals surface area (Å²) in [5.41, 5.74) is 0. The van der Waals surface area contributed by atoms with Crippen LogP contribution in [-0.2, 0) is 4.74 Å². The summed E-state index contributed by atoms with van der Waals surface area (Å²) in [6.45, 7) is 1.53. The molecule has 2 N–H and O–H groups in total. The van der Waals surface area contributed by atoms with Crippen molar-refractivity contribution in [1.82, 2.24) is 4.98 Å². The van der Waals surface area contributed by atoms with Crippen molar-refractivity contribution >= 4 is 16.5 Å². The van der Waals surface area contributed by atoms with E-state index in [1.165, 1.54) is 25.7 Å². The van der Waals surface area contributed by atoms with Crippen LogP contribution in [-0.4, -0.2) is 29.3 Å². The van der Waals surface area contributed by atoms with Crippen LogP contribution >= 0.6 is 11.3 Å². The highest BCUT2D eigenvalue weighted by atomic mass is 32.1. The quantitative estimate of drug-likeness (QED) is 0.894. The molecule has 2 aliphatic carbocycles. The molecule has 0 amide bonds. The van der Waals surface area contributed by atoms with Crippen LogP contribution in [0.3, 0.4) is 0 Å². The van der Waals surface area contributed by atoms with Gasteiger partial charge in [0.1, 0.15) is 0 Å². The molecule has 2 bridgehead atoms. The Morgan fingerprint density at radius 1 is 1.26 bits per heavy atom. The van der Waals surface area contributed by atoms with Crippen LogP contribution < -0.4 is 5.32 Å². The van der Waals surface area contributed by atoms with Gasteiger partial charge >= 0.3 is 0 Å². The van der Waals surface area contributed by atoms with Gasteiger partial charge in [-0.2, -0.15) is 4.98 Å². The molecule has 1 aromatic heterocycles. The Labute approximate surface area is 117 Å². The standard InChI is InChI=1S/C14H20N2O2S/c17-13-12(10-3-4-18-7-10)19-14(16-13)15-11-6-8-1-2-9(11)5-8/h8-11,17H,1-7H2,(H,15,16)/t8-,9+,10?,11+/m1/s1. The topological polar surface area (TPSA) is 54.4 Å². The number of thiazole rings is 1. The first-order valence-corrected chi connectivity index (χ1v) is 8.15.